The van der Waals surface area contributed by atoms with Crippen molar-refractivity contribution < 1.29 is 28.2 Å². The second-order valence-electron chi connectivity index (χ2n) is 6.13. The smallest absolute Gasteiger partial charge is 0.337 e. The Labute approximate surface area is 139 Å². The van der Waals surface area contributed by atoms with E-state index in [1.165, 1.54) is 18.2 Å². The lowest BCUT2D eigenvalue weighted by molar-refractivity contribution is -0.155. The number of hydrogen-bond acceptors (Lipinski definition) is 5. The van der Waals surface area contributed by atoms with Gasteiger partial charge in [0.2, 0.25) is 10.0 Å². The van der Waals surface area contributed by atoms with E-state index in [2.05, 4.69) is 10.0 Å². The van der Waals surface area contributed by atoms with Crippen molar-refractivity contribution in [2.75, 3.05) is 6.54 Å². The van der Waals surface area contributed by atoms with E-state index in [1.807, 2.05) is 0 Å². The van der Waals surface area contributed by atoms with Crippen molar-refractivity contribution in [1.82, 2.24) is 10.0 Å². The summed E-state index contributed by atoms with van der Waals surface area (Å²) in [6.07, 6.45) is 1.59. The average molecular weight is 356 g/mol. The highest BCUT2D eigenvalue weighted by molar-refractivity contribution is 7.89. The molecule has 1 aromatic carbocycles. The predicted octanol–water partition coefficient (Wildman–Crippen LogP) is 0.00112. The summed E-state index contributed by atoms with van der Waals surface area (Å²) in [4.78, 5) is 23.0. The number of carboxylic acid groups (broad SMARTS) is 1. The van der Waals surface area contributed by atoms with Crippen LogP contribution >= 0.6 is 0 Å². The van der Waals surface area contributed by atoms with Crippen molar-refractivity contribution in [1.29, 1.82) is 0 Å². The maximum atomic E-state index is 12.2. The van der Waals surface area contributed by atoms with E-state index in [0.717, 1.165) is 19.8 Å². The highest BCUT2D eigenvalue weighted by Gasteiger charge is 2.31. The second kappa shape index (κ2) is 6.50. The van der Waals surface area contributed by atoms with E-state index in [0.29, 0.717) is 5.56 Å². The quantitative estimate of drug-likeness (QED) is 0.544. The number of rotatable bonds is 7. The molecule has 9 heteroatoms. The third kappa shape index (κ3) is 4.31. The minimum absolute atomic E-state index is 0.0323. The molecule has 1 unspecified atom stereocenters. The van der Waals surface area contributed by atoms with Crippen LogP contribution in [-0.4, -0.2) is 48.7 Å². The fourth-order valence-electron chi connectivity index (χ4n) is 1.92. The standard InChI is InChI=1S/C15H20N2O6S/c1-9-3-6-11(24(22,23)17-10-4-5-10)7-12(9)13(18)16-8-15(2,21)14(19)20/h3,6-7,10,17,21H,4-5,8H2,1-2H3,(H,16,18)(H,19,20). The van der Waals surface area contributed by atoms with E-state index >= 15 is 0 Å². The Morgan fingerprint density at radius 3 is 2.50 bits per heavy atom. The fourth-order valence-corrected chi connectivity index (χ4v) is 3.26. The molecule has 24 heavy (non-hydrogen) atoms. The molecule has 1 aromatic rings. The molecule has 1 aliphatic rings. The van der Waals surface area contributed by atoms with E-state index < -0.39 is 34.0 Å². The van der Waals surface area contributed by atoms with Gasteiger partial charge in [-0.2, -0.15) is 0 Å². The van der Waals surface area contributed by atoms with Crippen LogP contribution in [0.4, 0.5) is 0 Å². The van der Waals surface area contributed by atoms with E-state index in [1.54, 1.807) is 6.92 Å². The average Bonchev–Trinajstić information content (AvgIpc) is 3.28. The molecule has 1 atom stereocenters. The molecule has 0 spiro atoms. The van der Waals surface area contributed by atoms with Crippen molar-refractivity contribution in [3.63, 3.8) is 0 Å². The normalized spacial score (nSPS) is 17.1. The Hall–Kier alpha value is -1.97. The van der Waals surface area contributed by atoms with Crippen molar-refractivity contribution in [3.05, 3.63) is 29.3 Å². The first-order valence-corrected chi connectivity index (χ1v) is 8.88. The van der Waals surface area contributed by atoms with Crippen LogP contribution in [0, 0.1) is 6.92 Å². The number of carboxylic acids is 1. The van der Waals surface area contributed by atoms with Crippen molar-refractivity contribution in [2.24, 2.45) is 0 Å². The molecular weight excluding hydrogens is 336 g/mol. The molecule has 1 amide bonds. The molecule has 0 radical (unpaired) electrons. The minimum atomic E-state index is -3.70. The Kier molecular flexibility index (Phi) is 4.97. The lowest BCUT2D eigenvalue weighted by Crippen LogP contribution is -2.46. The Balaban J connectivity index is 2.18. The lowest BCUT2D eigenvalue weighted by atomic mass is 10.1. The van der Waals surface area contributed by atoms with E-state index in [-0.39, 0.29) is 16.5 Å². The van der Waals surface area contributed by atoms with Gasteiger partial charge in [-0.25, -0.2) is 17.9 Å². The van der Waals surface area contributed by atoms with Gasteiger partial charge in [0.05, 0.1) is 11.4 Å². The number of nitrogens with one attached hydrogen (secondary N) is 2. The molecule has 0 aliphatic heterocycles. The summed E-state index contributed by atoms with van der Waals surface area (Å²) in [6.45, 7) is 2.19. The predicted molar refractivity (Wildman–Crippen MR) is 85.1 cm³/mol. The van der Waals surface area contributed by atoms with E-state index in [9.17, 15) is 23.1 Å². The van der Waals surface area contributed by atoms with Gasteiger partial charge in [0, 0.05) is 11.6 Å². The second-order valence-corrected chi connectivity index (χ2v) is 7.85. The summed E-state index contributed by atoms with van der Waals surface area (Å²) in [5.41, 5.74) is -1.47. The number of benzene rings is 1. The zero-order chi connectivity index (χ0) is 18.1. The summed E-state index contributed by atoms with van der Waals surface area (Å²) in [6, 6.07) is 4.10. The number of aliphatic carboxylic acids is 1. The maximum absolute atomic E-state index is 12.2. The highest BCUT2D eigenvalue weighted by Crippen LogP contribution is 2.23. The van der Waals surface area contributed by atoms with Crippen LogP contribution < -0.4 is 10.0 Å². The monoisotopic (exact) mass is 356 g/mol. The fraction of sp³-hybridized carbons (Fsp3) is 0.467. The van der Waals surface area contributed by atoms with E-state index in [4.69, 9.17) is 5.11 Å². The largest absolute Gasteiger partial charge is 0.479 e. The Morgan fingerprint density at radius 1 is 1.33 bits per heavy atom. The summed E-state index contributed by atoms with van der Waals surface area (Å²) < 4.78 is 27.0. The van der Waals surface area contributed by atoms with Gasteiger partial charge in [0.25, 0.3) is 5.91 Å². The molecule has 132 valence electrons. The third-order valence-electron chi connectivity index (χ3n) is 3.72. The Morgan fingerprint density at radius 2 is 1.96 bits per heavy atom. The molecule has 4 N–H and O–H groups in total. The van der Waals surface area contributed by atoms with Gasteiger partial charge >= 0.3 is 5.97 Å². The van der Waals surface area contributed by atoms with Crippen molar-refractivity contribution >= 4 is 21.9 Å². The van der Waals surface area contributed by atoms with Crippen molar-refractivity contribution in [3.8, 4) is 0 Å². The summed E-state index contributed by atoms with van der Waals surface area (Å²) in [5, 5.41) is 20.8. The highest BCUT2D eigenvalue weighted by atomic mass is 32.2. The number of aliphatic hydroxyl groups is 1. The molecule has 8 nitrogen and oxygen atoms in total. The number of aryl methyl sites for hydroxylation is 1. The van der Waals surface area contributed by atoms with Crippen LogP contribution in [0.1, 0.15) is 35.7 Å². The number of amides is 1. The molecule has 0 aromatic heterocycles. The molecule has 2 rings (SSSR count). The maximum Gasteiger partial charge on any atom is 0.337 e. The zero-order valence-corrected chi connectivity index (χ0v) is 14.2. The van der Waals surface area contributed by atoms with Crippen LogP contribution in [-0.2, 0) is 14.8 Å². The van der Waals surface area contributed by atoms with Crippen LogP contribution in [0.3, 0.4) is 0 Å². The number of hydrogen-bond donors (Lipinski definition) is 4. The molecule has 0 saturated heterocycles. The zero-order valence-electron chi connectivity index (χ0n) is 13.4. The van der Waals surface area contributed by atoms with Gasteiger partial charge in [-0.1, -0.05) is 6.07 Å². The summed E-state index contributed by atoms with van der Waals surface area (Å²) in [5.74, 6) is -2.12. The summed E-state index contributed by atoms with van der Waals surface area (Å²) >= 11 is 0. The number of sulfonamides is 1. The van der Waals surface area contributed by atoms with Crippen LogP contribution in [0.25, 0.3) is 0 Å². The van der Waals surface area contributed by atoms with Gasteiger partial charge in [0.15, 0.2) is 5.60 Å². The first-order chi connectivity index (χ1) is 11.0. The van der Waals surface area contributed by atoms with Crippen LogP contribution in [0.15, 0.2) is 23.1 Å². The number of carbonyl (C=O) groups is 2. The molecule has 0 bridgehead atoms. The molecule has 1 aliphatic carbocycles. The molecule has 0 heterocycles. The van der Waals surface area contributed by atoms with Gasteiger partial charge < -0.3 is 15.5 Å². The van der Waals surface area contributed by atoms with Crippen molar-refractivity contribution in [2.45, 2.75) is 43.2 Å². The van der Waals surface area contributed by atoms with Gasteiger partial charge in [-0.3, -0.25) is 4.79 Å². The topological polar surface area (TPSA) is 133 Å². The van der Waals surface area contributed by atoms with Crippen LogP contribution in [0.2, 0.25) is 0 Å². The molecule has 1 fully saturated rings. The third-order valence-corrected chi connectivity index (χ3v) is 5.24. The Bertz CT molecular complexity index is 768. The van der Waals surface area contributed by atoms with Gasteiger partial charge in [-0.15, -0.1) is 0 Å². The van der Waals surface area contributed by atoms with Gasteiger partial charge in [0.1, 0.15) is 0 Å². The van der Waals surface area contributed by atoms with Gasteiger partial charge in [-0.05, 0) is 44.4 Å². The first kappa shape index (κ1) is 18.4. The summed E-state index contributed by atoms with van der Waals surface area (Å²) in [7, 11) is -3.70. The molecule has 1 saturated carbocycles. The number of carbonyl (C=O) groups excluding carboxylic acids is 1. The minimum Gasteiger partial charge on any atom is -0.479 e. The lowest BCUT2D eigenvalue weighted by Gasteiger charge is -2.19. The SMILES string of the molecule is Cc1ccc(S(=O)(=O)NC2CC2)cc1C(=O)NCC(C)(O)C(=O)O. The van der Waals surface area contributed by atoms with Crippen LogP contribution in [0.5, 0.6) is 0 Å². The molecular formula is C15H20N2O6S. The first-order valence-electron chi connectivity index (χ1n) is 7.40.